The second-order valence-corrected chi connectivity index (χ2v) is 7.70. The van der Waals surface area contributed by atoms with Crippen molar-refractivity contribution >= 4 is 34.6 Å². The minimum Gasteiger partial charge on any atom is -0.450 e. The third-order valence-electron chi connectivity index (χ3n) is 5.02. The molecule has 0 heterocycles. The summed E-state index contributed by atoms with van der Waals surface area (Å²) in [5.74, 6) is -1.74. The second kappa shape index (κ2) is 10.9. The fourth-order valence-electron chi connectivity index (χ4n) is 3.04. The highest BCUT2D eigenvalue weighted by atomic mass is 16.6. The van der Waals surface area contributed by atoms with Gasteiger partial charge in [-0.2, -0.15) is 5.10 Å². The van der Waals surface area contributed by atoms with Crippen LogP contribution < -0.4 is 15.5 Å². The Morgan fingerprint density at radius 1 is 0.889 bits per heavy atom. The third-order valence-corrected chi connectivity index (χ3v) is 5.02. The number of amides is 2. The highest BCUT2D eigenvalue weighted by molar-refractivity contribution is 6.39. The first-order valence-corrected chi connectivity index (χ1v) is 10.5. The fraction of sp³-hybridized carbons (Fsp3) is 0.125. The number of anilines is 1. The van der Waals surface area contributed by atoms with E-state index >= 15 is 0 Å². The third kappa shape index (κ3) is 6.26. The number of non-ortho nitro benzene ring substituents is 1. The van der Waals surface area contributed by atoms with Gasteiger partial charge in [0, 0.05) is 11.8 Å². The number of nitrogens with zero attached hydrogens (tertiary/aromatic N) is 3. The highest BCUT2D eigenvalue weighted by Gasteiger charge is 2.21. The van der Waals surface area contributed by atoms with Gasteiger partial charge in [-0.3, -0.25) is 29.8 Å². The van der Waals surface area contributed by atoms with Crippen molar-refractivity contribution in [2.24, 2.45) is 5.10 Å². The van der Waals surface area contributed by atoms with Crippen LogP contribution in [0.5, 0.6) is 11.5 Å². The number of nitrogens with one attached hydrogen (secondary N) is 2. The second-order valence-electron chi connectivity index (χ2n) is 7.70. The van der Waals surface area contributed by atoms with Crippen LogP contribution in [0.4, 0.5) is 17.1 Å². The van der Waals surface area contributed by atoms with Crippen molar-refractivity contribution in [3.05, 3.63) is 97.6 Å². The summed E-state index contributed by atoms with van der Waals surface area (Å²) in [6, 6.07) is 14.7. The Morgan fingerprint density at radius 2 is 1.58 bits per heavy atom. The molecule has 0 aliphatic rings. The van der Waals surface area contributed by atoms with Crippen LogP contribution in [0.2, 0.25) is 0 Å². The molecule has 3 aromatic rings. The number of nitro benzene ring substituents is 2. The van der Waals surface area contributed by atoms with Gasteiger partial charge in [0.1, 0.15) is 5.75 Å². The molecule has 0 aliphatic carbocycles. The van der Waals surface area contributed by atoms with E-state index < -0.39 is 33.0 Å². The average Bonchev–Trinajstić information content (AvgIpc) is 2.84. The number of rotatable bonds is 7. The topological polar surface area (TPSA) is 166 Å². The maximum absolute atomic E-state index is 12.2. The lowest BCUT2D eigenvalue weighted by Crippen LogP contribution is -2.33. The van der Waals surface area contributed by atoms with Crippen molar-refractivity contribution < 1.29 is 24.2 Å². The van der Waals surface area contributed by atoms with E-state index in [9.17, 15) is 29.8 Å². The molecule has 12 heteroatoms. The zero-order chi connectivity index (χ0) is 26.4. The molecule has 0 fully saturated rings. The number of nitro groups is 2. The minimum atomic E-state index is -0.944. The molecule has 3 rings (SSSR count). The van der Waals surface area contributed by atoms with Gasteiger partial charge in [-0.1, -0.05) is 12.1 Å². The van der Waals surface area contributed by atoms with E-state index in [1.165, 1.54) is 12.1 Å². The maximum atomic E-state index is 12.2. The summed E-state index contributed by atoms with van der Waals surface area (Å²) in [5, 5.41) is 28.6. The molecule has 0 unspecified atom stereocenters. The molecule has 0 aliphatic heterocycles. The Hall–Kier alpha value is -5.13. The molecule has 3 aromatic carbocycles. The van der Waals surface area contributed by atoms with Gasteiger partial charge in [0.2, 0.25) is 5.75 Å². The summed E-state index contributed by atoms with van der Waals surface area (Å²) in [6.07, 6.45) is 0. The van der Waals surface area contributed by atoms with Gasteiger partial charge in [0.25, 0.3) is 5.69 Å². The van der Waals surface area contributed by atoms with E-state index in [0.29, 0.717) is 17.0 Å². The van der Waals surface area contributed by atoms with Gasteiger partial charge in [0.05, 0.1) is 21.6 Å². The van der Waals surface area contributed by atoms with Crippen LogP contribution in [0, 0.1) is 34.1 Å². The zero-order valence-corrected chi connectivity index (χ0v) is 19.5. The van der Waals surface area contributed by atoms with Gasteiger partial charge in [-0.15, -0.1) is 0 Å². The molecule has 36 heavy (non-hydrogen) atoms. The van der Waals surface area contributed by atoms with Gasteiger partial charge in [0.15, 0.2) is 0 Å². The fourth-order valence-corrected chi connectivity index (χ4v) is 3.04. The van der Waals surface area contributed by atoms with Crippen molar-refractivity contribution in [3.8, 4) is 11.5 Å². The molecule has 0 spiro atoms. The van der Waals surface area contributed by atoms with Gasteiger partial charge in [-0.25, -0.2) is 5.43 Å². The molecule has 184 valence electrons. The van der Waals surface area contributed by atoms with Crippen molar-refractivity contribution in [2.75, 3.05) is 5.32 Å². The van der Waals surface area contributed by atoms with Crippen LogP contribution in [-0.4, -0.2) is 27.4 Å². The van der Waals surface area contributed by atoms with Crippen LogP contribution >= 0.6 is 0 Å². The maximum Gasteiger partial charge on any atom is 0.329 e. The van der Waals surface area contributed by atoms with E-state index in [2.05, 4.69) is 15.8 Å². The number of hydrazone groups is 1. The quantitative estimate of drug-likeness (QED) is 0.214. The first kappa shape index (κ1) is 25.5. The molecule has 0 saturated carbocycles. The number of carbonyl (C=O) groups is 2. The Labute approximate surface area is 204 Å². The number of hydrogen-bond acceptors (Lipinski definition) is 8. The first-order chi connectivity index (χ1) is 17.0. The standard InChI is InChI=1S/C24H21N5O7/c1-14-4-5-15(2)20(12-14)25-23(30)24(31)27-26-16(3)17-6-9-19(10-7-17)36-22-11-8-18(28(32)33)13-21(22)29(34)35/h4-13H,1-3H3,(H,25,30)(H,27,31)/b26-16+. The van der Waals surface area contributed by atoms with Crippen molar-refractivity contribution in [3.63, 3.8) is 0 Å². The normalized spacial score (nSPS) is 10.9. The Bertz CT molecular complexity index is 1380. The summed E-state index contributed by atoms with van der Waals surface area (Å²) < 4.78 is 5.52. The smallest absolute Gasteiger partial charge is 0.329 e. The van der Waals surface area contributed by atoms with Gasteiger partial charge >= 0.3 is 17.5 Å². The largest absolute Gasteiger partial charge is 0.450 e. The van der Waals surface area contributed by atoms with Crippen LogP contribution in [0.1, 0.15) is 23.6 Å². The summed E-state index contributed by atoms with van der Waals surface area (Å²) in [5.41, 5.74) is 4.45. The zero-order valence-electron chi connectivity index (χ0n) is 19.5. The van der Waals surface area contributed by atoms with Gasteiger partial charge < -0.3 is 10.1 Å². The van der Waals surface area contributed by atoms with Crippen molar-refractivity contribution in [1.29, 1.82) is 0 Å². The minimum absolute atomic E-state index is 0.161. The predicted molar refractivity (Wildman–Crippen MR) is 131 cm³/mol. The molecule has 0 bridgehead atoms. The first-order valence-electron chi connectivity index (χ1n) is 10.5. The molecular weight excluding hydrogens is 470 g/mol. The van der Waals surface area contributed by atoms with E-state index in [4.69, 9.17) is 4.74 Å². The van der Waals surface area contributed by atoms with Crippen LogP contribution in [0.25, 0.3) is 0 Å². The summed E-state index contributed by atoms with van der Waals surface area (Å²) >= 11 is 0. The lowest BCUT2D eigenvalue weighted by Gasteiger charge is -2.09. The SMILES string of the molecule is C/C(=N\NC(=O)C(=O)Nc1cc(C)ccc1C)c1ccc(Oc2ccc([N+](=O)[O-])cc2[N+](=O)[O-])cc1. The number of hydrogen-bond donors (Lipinski definition) is 2. The van der Waals surface area contributed by atoms with E-state index in [-0.39, 0.29) is 11.5 Å². The molecule has 2 amide bonds. The number of aryl methyl sites for hydroxylation is 2. The Balaban J connectivity index is 1.66. The molecule has 2 N–H and O–H groups in total. The summed E-state index contributed by atoms with van der Waals surface area (Å²) in [7, 11) is 0. The monoisotopic (exact) mass is 491 g/mol. The van der Waals surface area contributed by atoms with Crippen molar-refractivity contribution in [2.45, 2.75) is 20.8 Å². The molecule has 12 nitrogen and oxygen atoms in total. The molecule has 0 radical (unpaired) electrons. The van der Waals surface area contributed by atoms with E-state index in [0.717, 1.165) is 29.3 Å². The Kier molecular flexibility index (Phi) is 7.69. The molecule has 0 saturated heterocycles. The molecular formula is C24H21N5O7. The van der Waals surface area contributed by atoms with Crippen molar-refractivity contribution in [1.82, 2.24) is 5.43 Å². The summed E-state index contributed by atoms with van der Waals surface area (Å²) in [6.45, 7) is 5.29. The van der Waals surface area contributed by atoms with Crippen LogP contribution in [0.15, 0.2) is 65.8 Å². The number of benzene rings is 3. The molecule has 0 aromatic heterocycles. The molecule has 0 atom stereocenters. The number of carbonyl (C=O) groups excluding carboxylic acids is 2. The number of ether oxygens (including phenoxy) is 1. The van der Waals surface area contributed by atoms with Gasteiger partial charge in [-0.05, 0) is 73.9 Å². The van der Waals surface area contributed by atoms with Crippen LogP contribution in [-0.2, 0) is 9.59 Å². The lowest BCUT2D eigenvalue weighted by atomic mass is 10.1. The Morgan fingerprint density at radius 3 is 2.22 bits per heavy atom. The average molecular weight is 491 g/mol. The lowest BCUT2D eigenvalue weighted by molar-refractivity contribution is -0.394. The predicted octanol–water partition coefficient (Wildman–Crippen LogP) is 4.39. The van der Waals surface area contributed by atoms with Crippen LogP contribution in [0.3, 0.4) is 0 Å². The summed E-state index contributed by atoms with van der Waals surface area (Å²) in [4.78, 5) is 45.0. The van der Waals surface area contributed by atoms with E-state index in [1.54, 1.807) is 25.1 Å². The van der Waals surface area contributed by atoms with E-state index in [1.807, 2.05) is 26.0 Å². The highest BCUT2D eigenvalue weighted by Crippen LogP contribution is 2.34.